The summed E-state index contributed by atoms with van der Waals surface area (Å²) >= 11 is 6.26. The van der Waals surface area contributed by atoms with Crippen molar-refractivity contribution in [2.45, 2.75) is 32.7 Å². The van der Waals surface area contributed by atoms with Crippen molar-refractivity contribution in [2.75, 3.05) is 44.6 Å². The van der Waals surface area contributed by atoms with Gasteiger partial charge in [0.2, 0.25) is 11.8 Å². The minimum atomic E-state index is -0.0567. The summed E-state index contributed by atoms with van der Waals surface area (Å²) in [5.74, 6) is 0.0574. The first-order chi connectivity index (χ1) is 12.4. The molecule has 0 bridgehead atoms. The van der Waals surface area contributed by atoms with Crippen molar-refractivity contribution in [1.82, 2.24) is 15.1 Å². The molecule has 0 aromatic heterocycles. The second-order valence-electron chi connectivity index (χ2n) is 7.38. The summed E-state index contributed by atoms with van der Waals surface area (Å²) in [6.45, 7) is 7.89. The molecule has 2 amide bonds. The van der Waals surface area contributed by atoms with E-state index >= 15 is 0 Å². The Morgan fingerprint density at radius 3 is 2.15 bits per heavy atom. The second-order valence-corrected chi connectivity index (χ2v) is 7.79. The van der Waals surface area contributed by atoms with Gasteiger partial charge in [-0.1, -0.05) is 17.7 Å². The summed E-state index contributed by atoms with van der Waals surface area (Å²) in [5, 5.41) is 6.52. The molecule has 0 atom stereocenters. The molecular formula is C19H27ClN4O2. The highest BCUT2D eigenvalue weighted by atomic mass is 35.5. The van der Waals surface area contributed by atoms with Crippen LogP contribution in [0.25, 0.3) is 0 Å². The first kappa shape index (κ1) is 19.1. The van der Waals surface area contributed by atoms with Crippen molar-refractivity contribution in [3.05, 3.63) is 28.3 Å². The predicted molar refractivity (Wildman–Crippen MR) is 104 cm³/mol. The summed E-state index contributed by atoms with van der Waals surface area (Å²) in [6.07, 6.45) is 2.22. The summed E-state index contributed by atoms with van der Waals surface area (Å²) in [6, 6.07) is 4.27. The number of benzene rings is 1. The first-order valence-electron chi connectivity index (χ1n) is 9.21. The Morgan fingerprint density at radius 1 is 1.04 bits per heavy atom. The van der Waals surface area contributed by atoms with Gasteiger partial charge in [-0.05, 0) is 43.9 Å². The van der Waals surface area contributed by atoms with Gasteiger partial charge in [0.1, 0.15) is 0 Å². The monoisotopic (exact) mass is 378 g/mol. The summed E-state index contributed by atoms with van der Waals surface area (Å²) in [5.41, 5.74) is 2.74. The minimum Gasteiger partial charge on any atom is -0.352 e. The van der Waals surface area contributed by atoms with E-state index in [1.54, 1.807) is 0 Å². The Balaban J connectivity index is 1.42. The molecule has 2 fully saturated rings. The summed E-state index contributed by atoms with van der Waals surface area (Å²) in [4.78, 5) is 28.5. The number of hydrogen-bond acceptors (Lipinski definition) is 4. The third kappa shape index (κ3) is 5.43. The van der Waals surface area contributed by atoms with Crippen molar-refractivity contribution in [3.63, 3.8) is 0 Å². The van der Waals surface area contributed by atoms with Crippen LogP contribution in [0, 0.1) is 13.8 Å². The number of rotatable bonds is 6. The molecule has 3 rings (SSSR count). The predicted octanol–water partition coefficient (Wildman–Crippen LogP) is 1.79. The van der Waals surface area contributed by atoms with Crippen LogP contribution in [-0.4, -0.2) is 66.9 Å². The molecule has 0 spiro atoms. The lowest BCUT2D eigenvalue weighted by atomic mass is 10.1. The molecule has 1 saturated heterocycles. The number of nitrogens with one attached hydrogen (secondary N) is 2. The number of anilines is 1. The van der Waals surface area contributed by atoms with Crippen LogP contribution < -0.4 is 10.6 Å². The number of nitrogens with zero attached hydrogens (tertiary/aromatic N) is 2. The highest BCUT2D eigenvalue weighted by molar-refractivity contribution is 6.34. The van der Waals surface area contributed by atoms with Crippen molar-refractivity contribution in [1.29, 1.82) is 0 Å². The molecule has 1 saturated carbocycles. The molecule has 7 heteroatoms. The smallest absolute Gasteiger partial charge is 0.238 e. The summed E-state index contributed by atoms with van der Waals surface area (Å²) < 4.78 is 0. The van der Waals surface area contributed by atoms with Crippen LogP contribution in [0.15, 0.2) is 12.1 Å². The van der Waals surface area contributed by atoms with Gasteiger partial charge in [0.05, 0.1) is 23.8 Å². The van der Waals surface area contributed by atoms with Gasteiger partial charge in [0.15, 0.2) is 0 Å². The number of halogens is 1. The van der Waals surface area contributed by atoms with E-state index < -0.39 is 0 Å². The van der Waals surface area contributed by atoms with E-state index in [0.29, 0.717) is 29.8 Å². The molecule has 2 aliphatic rings. The number of piperazine rings is 1. The minimum absolute atomic E-state index is 0.0567. The summed E-state index contributed by atoms with van der Waals surface area (Å²) in [7, 11) is 0. The van der Waals surface area contributed by atoms with Crippen LogP contribution in [0.1, 0.15) is 24.0 Å². The molecule has 6 nitrogen and oxygen atoms in total. The normalized spacial score (nSPS) is 18.6. The van der Waals surface area contributed by atoms with E-state index in [-0.39, 0.29) is 11.8 Å². The SMILES string of the molecule is Cc1cc(C)c(NC(=O)CN2CCN(CC(=O)NC3CC3)CC2)c(Cl)c1. The molecule has 0 unspecified atom stereocenters. The average Bonchev–Trinajstić information content (AvgIpc) is 3.36. The van der Waals surface area contributed by atoms with Crippen LogP contribution in [0.2, 0.25) is 5.02 Å². The number of carbonyl (C=O) groups excluding carboxylic acids is 2. The molecule has 0 radical (unpaired) electrons. The second kappa shape index (κ2) is 8.37. The molecule has 142 valence electrons. The molecule has 1 aromatic carbocycles. The molecule has 1 aliphatic heterocycles. The van der Waals surface area contributed by atoms with E-state index in [1.165, 1.54) is 0 Å². The van der Waals surface area contributed by atoms with Gasteiger partial charge in [-0.3, -0.25) is 19.4 Å². The number of aryl methyl sites for hydroxylation is 2. The Morgan fingerprint density at radius 2 is 1.62 bits per heavy atom. The van der Waals surface area contributed by atoms with E-state index in [9.17, 15) is 9.59 Å². The highest BCUT2D eigenvalue weighted by Crippen LogP contribution is 2.27. The Hall–Kier alpha value is -1.63. The largest absolute Gasteiger partial charge is 0.352 e. The molecule has 26 heavy (non-hydrogen) atoms. The standard InChI is InChI=1S/C19H27ClN4O2/c1-13-9-14(2)19(16(20)10-13)22-18(26)12-24-7-5-23(6-8-24)11-17(25)21-15-3-4-15/h9-10,15H,3-8,11-12H2,1-2H3,(H,21,25)(H,22,26). The Bertz CT molecular complexity index is 659. The number of hydrogen-bond donors (Lipinski definition) is 2. The number of carbonyl (C=O) groups is 2. The van der Waals surface area contributed by atoms with E-state index in [0.717, 1.165) is 50.1 Å². The molecule has 1 heterocycles. The van der Waals surface area contributed by atoms with Gasteiger partial charge in [0, 0.05) is 32.2 Å². The average molecular weight is 379 g/mol. The lowest BCUT2D eigenvalue weighted by Crippen LogP contribution is -2.51. The molecular weight excluding hydrogens is 352 g/mol. The third-order valence-corrected chi connectivity index (χ3v) is 5.14. The first-order valence-corrected chi connectivity index (χ1v) is 9.59. The van der Waals surface area contributed by atoms with Gasteiger partial charge >= 0.3 is 0 Å². The van der Waals surface area contributed by atoms with Crippen LogP contribution in [0.3, 0.4) is 0 Å². The maximum Gasteiger partial charge on any atom is 0.238 e. The zero-order valence-electron chi connectivity index (χ0n) is 15.5. The van der Waals surface area contributed by atoms with Crippen molar-refractivity contribution in [3.8, 4) is 0 Å². The van der Waals surface area contributed by atoms with Gasteiger partial charge in [-0.15, -0.1) is 0 Å². The van der Waals surface area contributed by atoms with E-state index in [2.05, 4.69) is 20.4 Å². The van der Waals surface area contributed by atoms with E-state index in [1.807, 2.05) is 26.0 Å². The number of amides is 2. The van der Waals surface area contributed by atoms with Crippen LogP contribution >= 0.6 is 11.6 Å². The lowest BCUT2D eigenvalue weighted by molar-refractivity contribution is -0.123. The zero-order chi connectivity index (χ0) is 18.7. The van der Waals surface area contributed by atoms with Gasteiger partial charge in [-0.25, -0.2) is 0 Å². The molecule has 1 aromatic rings. The third-order valence-electron chi connectivity index (χ3n) is 4.84. The van der Waals surface area contributed by atoms with Gasteiger partial charge < -0.3 is 10.6 Å². The molecule has 1 aliphatic carbocycles. The van der Waals surface area contributed by atoms with E-state index in [4.69, 9.17) is 11.6 Å². The van der Waals surface area contributed by atoms with Gasteiger partial charge in [0.25, 0.3) is 0 Å². The zero-order valence-corrected chi connectivity index (χ0v) is 16.2. The highest BCUT2D eigenvalue weighted by Gasteiger charge is 2.25. The Kier molecular flexibility index (Phi) is 6.16. The maximum absolute atomic E-state index is 12.4. The maximum atomic E-state index is 12.4. The van der Waals surface area contributed by atoms with Crippen molar-refractivity contribution < 1.29 is 9.59 Å². The quantitative estimate of drug-likeness (QED) is 0.792. The van der Waals surface area contributed by atoms with Crippen LogP contribution in [0.4, 0.5) is 5.69 Å². The van der Waals surface area contributed by atoms with Crippen LogP contribution in [0.5, 0.6) is 0 Å². The van der Waals surface area contributed by atoms with Crippen molar-refractivity contribution >= 4 is 29.1 Å². The fourth-order valence-corrected chi connectivity index (χ4v) is 3.63. The van der Waals surface area contributed by atoms with Crippen molar-refractivity contribution in [2.24, 2.45) is 0 Å². The lowest BCUT2D eigenvalue weighted by Gasteiger charge is -2.33. The van der Waals surface area contributed by atoms with Crippen LogP contribution in [-0.2, 0) is 9.59 Å². The topological polar surface area (TPSA) is 64.7 Å². The van der Waals surface area contributed by atoms with Gasteiger partial charge in [-0.2, -0.15) is 0 Å². The fourth-order valence-electron chi connectivity index (χ4n) is 3.27. The Labute approximate surface area is 159 Å². The fraction of sp³-hybridized carbons (Fsp3) is 0.579. The molecule has 2 N–H and O–H groups in total.